The maximum Gasteiger partial charge on any atom is 0.304 e. The number of nitrogens with zero attached hydrogens (tertiary/aromatic N) is 7. The van der Waals surface area contributed by atoms with Crippen molar-refractivity contribution in [2.75, 3.05) is 70.9 Å². The lowest BCUT2D eigenvalue weighted by molar-refractivity contribution is 0.0973. The topological polar surface area (TPSA) is 107 Å². The fourth-order valence-corrected chi connectivity index (χ4v) is 8.27. The number of rotatable bonds is 8. The number of benzene rings is 1. The molecule has 1 aliphatic carbocycles. The van der Waals surface area contributed by atoms with Crippen LogP contribution in [0.4, 0.5) is 5.69 Å². The lowest BCUT2D eigenvalue weighted by Crippen LogP contribution is -2.52. The van der Waals surface area contributed by atoms with Gasteiger partial charge in [-0.2, -0.15) is 17.8 Å². The highest BCUT2D eigenvalue weighted by Gasteiger charge is 2.33. The second-order valence-corrected chi connectivity index (χ2v) is 14.7. The zero-order valence-corrected chi connectivity index (χ0v) is 26.5. The molecule has 5 heterocycles. The van der Waals surface area contributed by atoms with Gasteiger partial charge in [-0.1, -0.05) is 24.6 Å². The summed E-state index contributed by atoms with van der Waals surface area (Å²) in [6.45, 7) is 7.29. The van der Waals surface area contributed by atoms with Crippen molar-refractivity contribution in [3.8, 4) is 5.69 Å². The van der Waals surface area contributed by atoms with E-state index in [9.17, 15) is 13.2 Å². The molecule has 0 bridgehead atoms. The summed E-state index contributed by atoms with van der Waals surface area (Å²) in [6.07, 6.45) is 8.14. The SMILES string of the molecule is CN1CCN(S(=O)(=O)NC(=O)c2cc(N3CCC(CN4CCCC4)CC3)c3c(C4CCC4)nn(-c4ccccc4)c3n2)CC1. The van der Waals surface area contributed by atoms with E-state index in [0.717, 1.165) is 67.8 Å². The van der Waals surface area contributed by atoms with Gasteiger partial charge in [-0.25, -0.2) is 14.4 Å². The molecule has 12 heteroatoms. The van der Waals surface area contributed by atoms with Gasteiger partial charge in [0, 0.05) is 51.7 Å². The van der Waals surface area contributed by atoms with Crippen LogP contribution in [0.25, 0.3) is 16.7 Å². The number of likely N-dealkylation sites (N-methyl/N-ethyl adjacent to an activating group) is 1. The molecule has 3 saturated heterocycles. The Kier molecular flexibility index (Phi) is 8.34. The highest BCUT2D eigenvalue weighted by atomic mass is 32.2. The lowest BCUT2D eigenvalue weighted by atomic mass is 9.81. The van der Waals surface area contributed by atoms with Gasteiger partial charge in [0.05, 0.1) is 22.5 Å². The first-order chi connectivity index (χ1) is 21.4. The van der Waals surface area contributed by atoms with Gasteiger partial charge >= 0.3 is 10.2 Å². The number of hydrogen-bond acceptors (Lipinski definition) is 8. The van der Waals surface area contributed by atoms with E-state index in [2.05, 4.69) is 19.4 Å². The molecule has 11 nitrogen and oxygen atoms in total. The van der Waals surface area contributed by atoms with Crippen molar-refractivity contribution >= 4 is 32.8 Å². The molecule has 1 saturated carbocycles. The van der Waals surface area contributed by atoms with Gasteiger partial charge in [-0.3, -0.25) is 4.79 Å². The fourth-order valence-electron chi connectivity index (χ4n) is 7.15. The van der Waals surface area contributed by atoms with Crippen molar-refractivity contribution in [1.82, 2.24) is 33.6 Å². The third kappa shape index (κ3) is 5.96. The smallest absolute Gasteiger partial charge is 0.304 e. The van der Waals surface area contributed by atoms with Crippen LogP contribution in [0, 0.1) is 5.92 Å². The largest absolute Gasteiger partial charge is 0.371 e. The number of aromatic nitrogens is 3. The maximum atomic E-state index is 13.7. The number of fused-ring (bicyclic) bond motifs is 1. The molecule has 1 N–H and O–H groups in total. The zero-order valence-electron chi connectivity index (χ0n) is 25.7. The summed E-state index contributed by atoms with van der Waals surface area (Å²) >= 11 is 0. The maximum absolute atomic E-state index is 13.7. The van der Waals surface area contributed by atoms with Crippen molar-refractivity contribution in [3.63, 3.8) is 0 Å². The first-order valence-corrected chi connectivity index (χ1v) is 17.8. The van der Waals surface area contributed by atoms with E-state index in [-0.39, 0.29) is 5.69 Å². The molecular weight excluding hydrogens is 576 g/mol. The quantitative estimate of drug-likeness (QED) is 0.409. The average Bonchev–Trinajstić information content (AvgIpc) is 3.65. The van der Waals surface area contributed by atoms with E-state index in [4.69, 9.17) is 10.1 Å². The average molecular weight is 621 g/mol. The second-order valence-electron chi connectivity index (χ2n) is 13.1. The minimum Gasteiger partial charge on any atom is -0.371 e. The number of carbonyl (C=O) groups excluding carboxylic acids is 1. The van der Waals surface area contributed by atoms with Crippen LogP contribution >= 0.6 is 0 Å². The van der Waals surface area contributed by atoms with E-state index in [1.807, 2.05) is 48.1 Å². The normalized spacial score (nSPS) is 21.6. The molecule has 0 radical (unpaired) electrons. The summed E-state index contributed by atoms with van der Waals surface area (Å²) in [7, 11) is -2.04. The third-order valence-electron chi connectivity index (χ3n) is 10.1. The predicted octanol–water partition coefficient (Wildman–Crippen LogP) is 3.22. The second kappa shape index (κ2) is 12.4. The van der Waals surface area contributed by atoms with E-state index in [0.29, 0.717) is 43.7 Å². The number of piperidine rings is 1. The Balaban J connectivity index is 1.25. The van der Waals surface area contributed by atoms with Crippen molar-refractivity contribution in [2.24, 2.45) is 5.92 Å². The number of piperazine rings is 1. The molecule has 236 valence electrons. The molecule has 7 rings (SSSR count). The Labute approximate surface area is 260 Å². The van der Waals surface area contributed by atoms with Crippen LogP contribution in [-0.2, 0) is 10.2 Å². The summed E-state index contributed by atoms with van der Waals surface area (Å²) in [4.78, 5) is 25.6. The van der Waals surface area contributed by atoms with Crippen molar-refractivity contribution in [2.45, 2.75) is 50.9 Å². The lowest BCUT2D eigenvalue weighted by Gasteiger charge is -2.36. The van der Waals surface area contributed by atoms with Gasteiger partial charge in [0.25, 0.3) is 5.91 Å². The molecule has 3 aromatic rings. The van der Waals surface area contributed by atoms with Gasteiger partial charge in [-0.05, 0) is 82.8 Å². The first kappa shape index (κ1) is 29.6. The summed E-state index contributed by atoms with van der Waals surface area (Å²) in [6, 6.07) is 11.7. The summed E-state index contributed by atoms with van der Waals surface area (Å²) < 4.78 is 32.0. The fraction of sp³-hybridized carbons (Fsp3) is 0.594. The first-order valence-electron chi connectivity index (χ1n) is 16.3. The molecule has 1 amide bonds. The van der Waals surface area contributed by atoms with Crippen LogP contribution in [0.15, 0.2) is 36.4 Å². The Bertz CT molecular complexity index is 1580. The number of hydrogen-bond donors (Lipinski definition) is 1. The number of nitrogens with one attached hydrogen (secondary N) is 1. The Hall–Kier alpha value is -3.06. The van der Waals surface area contributed by atoms with Gasteiger partial charge in [0.1, 0.15) is 5.69 Å². The van der Waals surface area contributed by atoms with E-state index < -0.39 is 16.1 Å². The number of likely N-dealkylation sites (tertiary alicyclic amines) is 1. The molecule has 0 spiro atoms. The summed E-state index contributed by atoms with van der Waals surface area (Å²) in [5.41, 5.74) is 3.56. The number of para-hydroxylation sites is 1. The highest BCUT2D eigenvalue weighted by molar-refractivity contribution is 7.87. The molecule has 3 aliphatic heterocycles. The van der Waals surface area contributed by atoms with Gasteiger partial charge in [0.15, 0.2) is 5.65 Å². The molecule has 4 fully saturated rings. The molecular formula is C32H44N8O3S. The third-order valence-corrected chi connectivity index (χ3v) is 11.6. The Morgan fingerprint density at radius 1 is 0.909 bits per heavy atom. The number of amides is 1. The van der Waals surface area contributed by atoms with Gasteiger partial charge in [-0.15, -0.1) is 0 Å². The van der Waals surface area contributed by atoms with Crippen LogP contribution in [-0.4, -0.2) is 109 Å². The minimum absolute atomic E-state index is 0.0987. The monoisotopic (exact) mass is 620 g/mol. The van der Waals surface area contributed by atoms with Gasteiger partial charge in [0.2, 0.25) is 0 Å². The van der Waals surface area contributed by atoms with E-state index >= 15 is 0 Å². The standard InChI is InChI=1S/C32H44N8O3S/c1-36-18-20-39(21-19-36)44(42,43)35-32(41)27-22-28(38-16-12-24(13-17-38)23-37-14-5-6-15-37)29-30(25-8-7-9-25)34-40(31(29)33-27)26-10-3-2-4-11-26/h2-4,10-11,22,24-25H,5-9,12-21,23H2,1H3,(H,35,41). The summed E-state index contributed by atoms with van der Waals surface area (Å²) in [5.74, 6) is 0.311. The summed E-state index contributed by atoms with van der Waals surface area (Å²) in [5, 5.41) is 6.13. The Morgan fingerprint density at radius 2 is 1.61 bits per heavy atom. The van der Waals surface area contributed by atoms with E-state index in [1.54, 1.807) is 0 Å². The van der Waals surface area contributed by atoms with Crippen LogP contribution in [0.5, 0.6) is 0 Å². The van der Waals surface area contributed by atoms with Crippen molar-refractivity contribution < 1.29 is 13.2 Å². The van der Waals surface area contributed by atoms with E-state index in [1.165, 1.54) is 36.7 Å². The van der Waals surface area contributed by atoms with Crippen LogP contribution in [0.3, 0.4) is 0 Å². The molecule has 2 aromatic heterocycles. The van der Waals surface area contributed by atoms with Crippen molar-refractivity contribution in [3.05, 3.63) is 47.8 Å². The Morgan fingerprint density at radius 3 is 2.27 bits per heavy atom. The van der Waals surface area contributed by atoms with Crippen LogP contribution in [0.2, 0.25) is 0 Å². The van der Waals surface area contributed by atoms with Gasteiger partial charge < -0.3 is 14.7 Å². The number of anilines is 1. The van der Waals surface area contributed by atoms with Crippen LogP contribution < -0.4 is 9.62 Å². The molecule has 0 atom stereocenters. The molecule has 4 aliphatic rings. The predicted molar refractivity (Wildman–Crippen MR) is 172 cm³/mol. The molecule has 0 unspecified atom stereocenters. The highest BCUT2D eigenvalue weighted by Crippen LogP contribution is 2.43. The van der Waals surface area contributed by atoms with Crippen molar-refractivity contribution in [1.29, 1.82) is 0 Å². The number of carbonyl (C=O) groups is 1. The molecule has 1 aromatic carbocycles. The molecule has 44 heavy (non-hydrogen) atoms. The van der Waals surface area contributed by atoms with Crippen LogP contribution in [0.1, 0.15) is 67.0 Å². The zero-order chi connectivity index (χ0) is 30.3. The number of pyridine rings is 1. The minimum atomic E-state index is -4.00.